The summed E-state index contributed by atoms with van der Waals surface area (Å²) in [6, 6.07) is 0. The molecule has 0 radical (unpaired) electrons. The van der Waals surface area contributed by atoms with Gasteiger partial charge < -0.3 is 4.74 Å². The van der Waals surface area contributed by atoms with E-state index in [0.29, 0.717) is 0 Å². The number of hydrogen-bond donors (Lipinski definition) is 0. The maximum atomic E-state index is 7.25. The van der Waals surface area contributed by atoms with Gasteiger partial charge in [-0.2, -0.15) is 0 Å². The van der Waals surface area contributed by atoms with E-state index in [2.05, 4.69) is 0 Å². The van der Waals surface area contributed by atoms with Gasteiger partial charge in [0, 0.05) is 0 Å². The number of hydrogen-bond acceptors (Lipinski definition) is 1. The molecular weight excluding hydrogens is 659 g/mol. The van der Waals surface area contributed by atoms with Crippen molar-refractivity contribution < 1.29 is 4.74 Å². The van der Waals surface area contributed by atoms with Crippen molar-refractivity contribution in [1.29, 1.82) is 0 Å². The highest BCUT2D eigenvalue weighted by molar-refractivity contribution is 6.55. The third kappa shape index (κ3) is 4.86. The molecule has 11 heteroatoms. The van der Waals surface area contributed by atoms with Crippen molar-refractivity contribution in [3.05, 3.63) is 40.3 Å². The van der Waals surface area contributed by atoms with Crippen molar-refractivity contribution in [1.82, 2.24) is 0 Å². The van der Waals surface area contributed by atoms with Gasteiger partial charge in [0.15, 0.2) is 0 Å². The fourth-order valence-electron chi connectivity index (χ4n) is 6.04. The standard InChI is InChI=1S/C24H24Cl10O/c25-13-15(27)19(31)23(20(32)16(13)28,11-7-3-1-4-8-11)35-24(12-9-5-2-6-10-12)21(33)17(29)14(26)18(30)22(24)34/h11-12,19,21H,1-10H2. The minimum Gasteiger partial charge on any atom is -0.353 e. The van der Waals surface area contributed by atoms with Gasteiger partial charge in [-0.05, 0) is 37.5 Å². The first-order chi connectivity index (χ1) is 16.5. The van der Waals surface area contributed by atoms with Crippen LogP contribution in [0, 0.1) is 11.8 Å². The largest absolute Gasteiger partial charge is 0.353 e. The van der Waals surface area contributed by atoms with Crippen molar-refractivity contribution in [2.45, 2.75) is 86.2 Å². The van der Waals surface area contributed by atoms with E-state index in [4.69, 9.17) is 121 Å². The SMILES string of the molecule is ClC1=C(Cl)C(Cl)C(OC2(C3CCCCC3)C(Cl)=C(Cl)C(Cl)=C(Cl)C2Cl)(C2CCCCC2)C(Cl)=C1Cl. The molecule has 0 heterocycles. The highest BCUT2D eigenvalue weighted by Crippen LogP contribution is 2.62. The van der Waals surface area contributed by atoms with Crippen LogP contribution in [0.3, 0.4) is 0 Å². The Morgan fingerprint density at radius 3 is 1.11 bits per heavy atom. The van der Waals surface area contributed by atoms with E-state index in [0.717, 1.165) is 64.2 Å². The maximum absolute atomic E-state index is 7.25. The molecule has 0 aromatic rings. The minimum absolute atomic E-state index is 0.104. The van der Waals surface area contributed by atoms with Gasteiger partial charge in [-0.25, -0.2) is 0 Å². The molecule has 0 saturated heterocycles. The van der Waals surface area contributed by atoms with Gasteiger partial charge in [-0.15, -0.1) is 23.2 Å². The quantitative estimate of drug-likeness (QED) is 0.268. The number of ether oxygens (including phenoxy) is 1. The van der Waals surface area contributed by atoms with Crippen LogP contribution in [-0.4, -0.2) is 22.0 Å². The van der Waals surface area contributed by atoms with Crippen LogP contribution in [0.5, 0.6) is 0 Å². The smallest absolute Gasteiger partial charge is 0.130 e. The first-order valence-corrected chi connectivity index (χ1v) is 15.6. The normalized spacial score (nSPS) is 36.5. The van der Waals surface area contributed by atoms with Gasteiger partial charge in [0.1, 0.15) is 22.0 Å². The molecule has 0 N–H and O–H groups in total. The van der Waals surface area contributed by atoms with Crippen molar-refractivity contribution in [3.8, 4) is 0 Å². The molecule has 1 nitrogen and oxygen atoms in total. The molecule has 4 aliphatic rings. The Kier molecular flexibility index (Phi) is 9.99. The summed E-state index contributed by atoms with van der Waals surface area (Å²) in [5, 5.41) is -0.725. The van der Waals surface area contributed by atoms with Gasteiger partial charge in [0.2, 0.25) is 0 Å². The summed E-state index contributed by atoms with van der Waals surface area (Å²) >= 11 is 67.9. The predicted molar refractivity (Wildman–Crippen MR) is 154 cm³/mol. The van der Waals surface area contributed by atoms with E-state index in [1.165, 1.54) is 0 Å². The van der Waals surface area contributed by atoms with E-state index in [1.807, 2.05) is 0 Å². The van der Waals surface area contributed by atoms with E-state index in [9.17, 15) is 0 Å². The molecule has 0 aromatic carbocycles. The van der Waals surface area contributed by atoms with Gasteiger partial charge in [-0.3, -0.25) is 0 Å². The molecule has 0 aromatic heterocycles. The molecule has 0 spiro atoms. The van der Waals surface area contributed by atoms with Crippen LogP contribution >= 0.6 is 116 Å². The van der Waals surface area contributed by atoms with Crippen molar-refractivity contribution >= 4 is 116 Å². The summed E-state index contributed by atoms with van der Waals surface area (Å²) in [5.41, 5.74) is -2.70. The summed E-state index contributed by atoms with van der Waals surface area (Å²) in [6.45, 7) is 0. The second-order valence-electron chi connectivity index (χ2n) is 9.66. The lowest BCUT2D eigenvalue weighted by atomic mass is 9.69. The maximum Gasteiger partial charge on any atom is 0.130 e. The van der Waals surface area contributed by atoms with Crippen LogP contribution in [0.4, 0.5) is 0 Å². The number of rotatable bonds is 4. The first-order valence-electron chi connectivity index (χ1n) is 11.7. The Bertz CT molecular complexity index is 910. The average molecular weight is 683 g/mol. The molecule has 4 aliphatic carbocycles. The van der Waals surface area contributed by atoms with Crippen molar-refractivity contribution in [2.75, 3.05) is 0 Å². The Morgan fingerprint density at radius 1 is 0.486 bits per heavy atom. The van der Waals surface area contributed by atoms with E-state index in [-0.39, 0.29) is 52.1 Å². The summed E-state index contributed by atoms with van der Waals surface area (Å²) < 4.78 is 7.25. The lowest BCUT2D eigenvalue weighted by Gasteiger charge is -2.56. The average Bonchev–Trinajstić information content (AvgIpc) is 2.89. The molecule has 4 rings (SSSR count). The van der Waals surface area contributed by atoms with E-state index >= 15 is 0 Å². The zero-order chi connectivity index (χ0) is 25.7. The van der Waals surface area contributed by atoms with Gasteiger partial charge in [0.05, 0.1) is 40.3 Å². The molecule has 0 bridgehead atoms. The first kappa shape index (κ1) is 29.8. The Balaban J connectivity index is 1.97. The zero-order valence-corrected chi connectivity index (χ0v) is 26.1. The lowest BCUT2D eigenvalue weighted by molar-refractivity contribution is -0.169. The Hall–Kier alpha value is 1.82. The second kappa shape index (κ2) is 11.7. The highest BCUT2D eigenvalue weighted by atomic mass is 35.5. The molecule has 35 heavy (non-hydrogen) atoms. The van der Waals surface area contributed by atoms with Crippen molar-refractivity contribution in [2.24, 2.45) is 11.8 Å². The van der Waals surface area contributed by atoms with Gasteiger partial charge >= 0.3 is 0 Å². The third-order valence-electron chi connectivity index (χ3n) is 7.84. The summed E-state index contributed by atoms with van der Waals surface area (Å²) in [5.74, 6) is -0.238. The summed E-state index contributed by atoms with van der Waals surface area (Å²) in [7, 11) is 0. The molecule has 4 atom stereocenters. The zero-order valence-electron chi connectivity index (χ0n) is 18.6. The monoisotopic (exact) mass is 678 g/mol. The Morgan fingerprint density at radius 2 is 0.800 bits per heavy atom. The molecule has 0 aliphatic heterocycles. The molecule has 2 saturated carbocycles. The number of alkyl halides is 2. The third-order valence-corrected chi connectivity index (χ3v) is 13.0. The van der Waals surface area contributed by atoms with Crippen LogP contribution in [0.1, 0.15) is 64.2 Å². The highest BCUT2D eigenvalue weighted by Gasteiger charge is 2.63. The summed E-state index contributed by atoms with van der Waals surface area (Å²) in [4.78, 5) is 0. The number of allylic oxidation sites excluding steroid dienone is 4. The minimum atomic E-state index is -1.35. The van der Waals surface area contributed by atoms with E-state index in [1.54, 1.807) is 0 Å². The summed E-state index contributed by atoms with van der Waals surface area (Å²) in [6.07, 6.45) is 9.33. The van der Waals surface area contributed by atoms with Gasteiger partial charge in [0.25, 0.3) is 0 Å². The molecular formula is C24H24Cl10O. The van der Waals surface area contributed by atoms with Crippen LogP contribution in [0.15, 0.2) is 40.3 Å². The molecule has 0 amide bonds. The predicted octanol–water partition coefficient (Wildman–Crippen LogP) is 11.6. The van der Waals surface area contributed by atoms with Crippen LogP contribution in [0.25, 0.3) is 0 Å². The fourth-order valence-corrected chi connectivity index (χ4v) is 9.55. The fraction of sp³-hybridized carbons (Fsp3) is 0.667. The van der Waals surface area contributed by atoms with Crippen LogP contribution < -0.4 is 0 Å². The lowest BCUT2D eigenvalue weighted by Crippen LogP contribution is -2.63. The van der Waals surface area contributed by atoms with Gasteiger partial charge in [-0.1, -0.05) is 131 Å². The molecule has 4 unspecified atom stereocenters. The number of halogens is 10. The second-order valence-corrected chi connectivity index (χ2v) is 13.6. The van der Waals surface area contributed by atoms with Crippen LogP contribution in [0.2, 0.25) is 0 Å². The van der Waals surface area contributed by atoms with E-state index < -0.39 is 22.0 Å². The Labute approximate surface area is 256 Å². The van der Waals surface area contributed by atoms with Crippen LogP contribution in [-0.2, 0) is 4.74 Å². The molecule has 2 fully saturated rings. The van der Waals surface area contributed by atoms with Crippen molar-refractivity contribution in [3.63, 3.8) is 0 Å². The molecule has 196 valence electrons. The topological polar surface area (TPSA) is 9.23 Å².